The zero-order chi connectivity index (χ0) is 15.9. The van der Waals surface area contributed by atoms with E-state index in [4.69, 9.17) is 9.47 Å². The molecule has 0 aliphatic carbocycles. The predicted octanol–water partition coefficient (Wildman–Crippen LogP) is 1.29. The summed E-state index contributed by atoms with van der Waals surface area (Å²) < 4.78 is 12.7. The Balaban J connectivity index is 1.39. The van der Waals surface area contributed by atoms with Gasteiger partial charge in [-0.1, -0.05) is 0 Å². The average Bonchev–Trinajstić information content (AvgIpc) is 3.14. The van der Waals surface area contributed by atoms with Gasteiger partial charge in [-0.05, 0) is 24.3 Å². The fourth-order valence-corrected chi connectivity index (χ4v) is 2.35. The summed E-state index contributed by atoms with van der Waals surface area (Å²) in [5.74, 6) is 0.743. The number of carbonyl (C=O) groups excluding carboxylic acids is 1. The van der Waals surface area contributed by atoms with Crippen LogP contribution in [-0.4, -0.2) is 59.9 Å². The molecular formula is C16H20N4O3. The SMILES string of the molecule is O=C(OCCOc1ccc(-n2ccnc2)cc1)N1CCNCC1. The molecule has 1 fully saturated rings. The van der Waals surface area contributed by atoms with Gasteiger partial charge in [0.25, 0.3) is 0 Å². The summed E-state index contributed by atoms with van der Waals surface area (Å²) in [6.45, 7) is 3.59. The minimum Gasteiger partial charge on any atom is -0.490 e. The van der Waals surface area contributed by atoms with Gasteiger partial charge in [-0.15, -0.1) is 0 Å². The molecule has 0 spiro atoms. The Morgan fingerprint density at radius 3 is 2.65 bits per heavy atom. The number of amides is 1. The topological polar surface area (TPSA) is 68.6 Å². The minimum atomic E-state index is -0.273. The number of piperazine rings is 1. The van der Waals surface area contributed by atoms with Gasteiger partial charge in [-0.25, -0.2) is 9.78 Å². The molecular weight excluding hydrogens is 296 g/mol. The van der Waals surface area contributed by atoms with Crippen molar-refractivity contribution in [1.82, 2.24) is 19.8 Å². The lowest BCUT2D eigenvalue weighted by molar-refractivity contribution is 0.0844. The normalized spacial score (nSPS) is 14.5. The molecule has 0 radical (unpaired) electrons. The van der Waals surface area contributed by atoms with E-state index in [-0.39, 0.29) is 12.7 Å². The van der Waals surface area contributed by atoms with Crippen molar-refractivity contribution in [2.24, 2.45) is 0 Å². The molecule has 1 amide bonds. The van der Waals surface area contributed by atoms with Crippen LogP contribution >= 0.6 is 0 Å². The molecule has 1 aliphatic heterocycles. The fourth-order valence-electron chi connectivity index (χ4n) is 2.35. The quantitative estimate of drug-likeness (QED) is 0.842. The maximum Gasteiger partial charge on any atom is 0.409 e. The number of nitrogens with one attached hydrogen (secondary N) is 1. The molecule has 0 bridgehead atoms. The molecule has 1 saturated heterocycles. The monoisotopic (exact) mass is 316 g/mol. The van der Waals surface area contributed by atoms with Crippen LogP contribution in [0.5, 0.6) is 5.75 Å². The van der Waals surface area contributed by atoms with Gasteiger partial charge in [0.15, 0.2) is 0 Å². The van der Waals surface area contributed by atoms with Crippen LogP contribution < -0.4 is 10.1 Å². The highest BCUT2D eigenvalue weighted by Crippen LogP contribution is 2.15. The highest BCUT2D eigenvalue weighted by Gasteiger charge is 2.16. The number of hydrogen-bond acceptors (Lipinski definition) is 5. The zero-order valence-corrected chi connectivity index (χ0v) is 12.9. The second-order valence-corrected chi connectivity index (χ2v) is 5.16. The molecule has 0 atom stereocenters. The Morgan fingerprint density at radius 2 is 1.96 bits per heavy atom. The summed E-state index contributed by atoms with van der Waals surface area (Å²) in [6.07, 6.45) is 5.08. The molecule has 3 rings (SSSR count). The van der Waals surface area contributed by atoms with E-state index in [2.05, 4.69) is 10.3 Å². The molecule has 122 valence electrons. The fraction of sp³-hybridized carbons (Fsp3) is 0.375. The summed E-state index contributed by atoms with van der Waals surface area (Å²) >= 11 is 0. The molecule has 1 aromatic carbocycles. The zero-order valence-electron chi connectivity index (χ0n) is 12.9. The third-order valence-corrected chi connectivity index (χ3v) is 3.59. The molecule has 0 saturated carbocycles. The number of carbonyl (C=O) groups is 1. The van der Waals surface area contributed by atoms with E-state index in [1.54, 1.807) is 17.4 Å². The number of aromatic nitrogens is 2. The molecule has 2 heterocycles. The first-order valence-corrected chi connectivity index (χ1v) is 7.66. The Kier molecular flexibility index (Phi) is 5.10. The first-order valence-electron chi connectivity index (χ1n) is 7.66. The summed E-state index contributed by atoms with van der Waals surface area (Å²) in [5, 5.41) is 3.19. The van der Waals surface area contributed by atoms with Crippen LogP contribution in [0.3, 0.4) is 0 Å². The minimum absolute atomic E-state index is 0.242. The Labute approximate surface area is 134 Å². The molecule has 1 aromatic heterocycles. The standard InChI is InChI=1S/C16H20N4O3/c21-16(19-8-5-17-6-9-19)23-12-11-22-15-3-1-14(2-4-15)20-10-7-18-13-20/h1-4,7,10,13,17H,5-6,8-9,11-12H2. The molecule has 2 aromatic rings. The highest BCUT2D eigenvalue weighted by molar-refractivity contribution is 5.67. The maximum atomic E-state index is 11.8. The average molecular weight is 316 g/mol. The lowest BCUT2D eigenvalue weighted by atomic mass is 10.3. The summed E-state index contributed by atoms with van der Waals surface area (Å²) in [7, 11) is 0. The van der Waals surface area contributed by atoms with Crippen molar-refractivity contribution in [3.8, 4) is 11.4 Å². The number of hydrogen-bond donors (Lipinski definition) is 1. The van der Waals surface area contributed by atoms with Crippen LogP contribution in [-0.2, 0) is 4.74 Å². The van der Waals surface area contributed by atoms with Crippen molar-refractivity contribution in [1.29, 1.82) is 0 Å². The van der Waals surface area contributed by atoms with E-state index in [0.29, 0.717) is 19.7 Å². The van der Waals surface area contributed by atoms with Gasteiger partial charge in [-0.2, -0.15) is 0 Å². The first-order chi connectivity index (χ1) is 11.3. The van der Waals surface area contributed by atoms with Gasteiger partial charge in [0.2, 0.25) is 0 Å². The highest BCUT2D eigenvalue weighted by atomic mass is 16.6. The summed E-state index contributed by atoms with van der Waals surface area (Å²) in [4.78, 5) is 17.5. The number of ether oxygens (including phenoxy) is 2. The van der Waals surface area contributed by atoms with E-state index < -0.39 is 0 Å². The van der Waals surface area contributed by atoms with Crippen molar-refractivity contribution < 1.29 is 14.3 Å². The van der Waals surface area contributed by atoms with Crippen LogP contribution in [0.1, 0.15) is 0 Å². The van der Waals surface area contributed by atoms with Crippen LogP contribution in [0, 0.1) is 0 Å². The molecule has 7 heteroatoms. The third-order valence-electron chi connectivity index (χ3n) is 3.59. The smallest absolute Gasteiger partial charge is 0.409 e. The second kappa shape index (κ2) is 7.64. The van der Waals surface area contributed by atoms with E-state index in [0.717, 1.165) is 24.5 Å². The Hall–Kier alpha value is -2.54. The van der Waals surface area contributed by atoms with Crippen LogP contribution in [0.25, 0.3) is 5.69 Å². The van der Waals surface area contributed by atoms with Crippen molar-refractivity contribution in [3.05, 3.63) is 43.0 Å². The molecule has 23 heavy (non-hydrogen) atoms. The number of imidazole rings is 1. The van der Waals surface area contributed by atoms with Crippen molar-refractivity contribution in [3.63, 3.8) is 0 Å². The van der Waals surface area contributed by atoms with E-state index in [1.807, 2.05) is 35.0 Å². The molecule has 1 N–H and O–H groups in total. The van der Waals surface area contributed by atoms with E-state index in [9.17, 15) is 4.79 Å². The van der Waals surface area contributed by atoms with Crippen molar-refractivity contribution in [2.45, 2.75) is 0 Å². The second-order valence-electron chi connectivity index (χ2n) is 5.16. The lowest BCUT2D eigenvalue weighted by Gasteiger charge is -2.26. The molecule has 1 aliphatic rings. The Bertz CT molecular complexity index is 607. The van der Waals surface area contributed by atoms with Gasteiger partial charge in [0, 0.05) is 44.3 Å². The van der Waals surface area contributed by atoms with Crippen molar-refractivity contribution >= 4 is 6.09 Å². The molecule has 0 unspecified atom stereocenters. The number of nitrogens with zero attached hydrogens (tertiary/aromatic N) is 3. The molecule has 7 nitrogen and oxygen atoms in total. The van der Waals surface area contributed by atoms with Crippen LogP contribution in [0.15, 0.2) is 43.0 Å². The van der Waals surface area contributed by atoms with E-state index >= 15 is 0 Å². The number of benzene rings is 1. The van der Waals surface area contributed by atoms with Gasteiger partial charge in [-0.3, -0.25) is 0 Å². The van der Waals surface area contributed by atoms with Gasteiger partial charge in [0.05, 0.1) is 6.33 Å². The lowest BCUT2D eigenvalue weighted by Crippen LogP contribution is -2.46. The van der Waals surface area contributed by atoms with Gasteiger partial charge < -0.3 is 24.3 Å². The number of rotatable bonds is 5. The maximum absolute atomic E-state index is 11.8. The Morgan fingerprint density at radius 1 is 1.17 bits per heavy atom. The van der Waals surface area contributed by atoms with Crippen LogP contribution in [0.4, 0.5) is 4.79 Å². The summed E-state index contributed by atoms with van der Waals surface area (Å²) in [5.41, 5.74) is 1.01. The van der Waals surface area contributed by atoms with Gasteiger partial charge in [0.1, 0.15) is 19.0 Å². The predicted molar refractivity (Wildman–Crippen MR) is 84.8 cm³/mol. The van der Waals surface area contributed by atoms with Crippen molar-refractivity contribution in [2.75, 3.05) is 39.4 Å². The third kappa shape index (κ3) is 4.23. The van der Waals surface area contributed by atoms with E-state index in [1.165, 1.54) is 0 Å². The van der Waals surface area contributed by atoms with Crippen LogP contribution in [0.2, 0.25) is 0 Å². The largest absolute Gasteiger partial charge is 0.490 e. The summed E-state index contributed by atoms with van der Waals surface area (Å²) in [6, 6.07) is 7.66. The first kappa shape index (κ1) is 15.4. The van der Waals surface area contributed by atoms with Gasteiger partial charge >= 0.3 is 6.09 Å².